The second-order valence-electron chi connectivity index (χ2n) is 3.32. The highest BCUT2D eigenvalue weighted by atomic mass is 15.0. The molecule has 14 heavy (non-hydrogen) atoms. The highest BCUT2D eigenvalue weighted by Gasteiger charge is 1.95. The van der Waals surface area contributed by atoms with Crippen molar-refractivity contribution in [3.63, 3.8) is 0 Å². The third kappa shape index (κ3) is 2.45. The molecule has 0 saturated heterocycles. The van der Waals surface area contributed by atoms with E-state index < -0.39 is 0 Å². The molecule has 0 radical (unpaired) electrons. The first-order valence-corrected chi connectivity index (χ1v) is 4.88. The highest BCUT2D eigenvalue weighted by Crippen LogP contribution is 2.01. The van der Waals surface area contributed by atoms with Gasteiger partial charge in [-0.05, 0) is 19.3 Å². The molecule has 0 aromatic carbocycles. The molecule has 2 rings (SSSR count). The molecule has 0 aliphatic carbocycles. The molecule has 2 aromatic rings. The second kappa shape index (κ2) is 4.60. The van der Waals surface area contributed by atoms with E-state index in [0.717, 1.165) is 18.7 Å². The van der Waals surface area contributed by atoms with Gasteiger partial charge in [-0.1, -0.05) is 0 Å². The SMILES string of the molecule is c1cn(CCCCc2c[nH]cn2)cn1. The quantitative estimate of drug-likeness (QED) is 0.728. The Hall–Kier alpha value is -1.58. The van der Waals surface area contributed by atoms with E-state index in [9.17, 15) is 0 Å². The molecule has 0 spiro atoms. The summed E-state index contributed by atoms with van der Waals surface area (Å²) >= 11 is 0. The van der Waals surface area contributed by atoms with Gasteiger partial charge in [0.15, 0.2) is 0 Å². The topological polar surface area (TPSA) is 46.5 Å². The van der Waals surface area contributed by atoms with Crippen molar-refractivity contribution in [3.8, 4) is 0 Å². The molecule has 0 saturated carbocycles. The van der Waals surface area contributed by atoms with E-state index in [0.29, 0.717) is 0 Å². The van der Waals surface area contributed by atoms with E-state index in [2.05, 4.69) is 19.5 Å². The van der Waals surface area contributed by atoms with Gasteiger partial charge in [-0.15, -0.1) is 0 Å². The van der Waals surface area contributed by atoms with E-state index in [1.807, 2.05) is 24.9 Å². The summed E-state index contributed by atoms with van der Waals surface area (Å²) in [6, 6.07) is 0. The molecule has 2 heterocycles. The fourth-order valence-electron chi connectivity index (χ4n) is 1.45. The van der Waals surface area contributed by atoms with Gasteiger partial charge in [0.25, 0.3) is 0 Å². The lowest BCUT2D eigenvalue weighted by atomic mass is 10.2. The lowest BCUT2D eigenvalue weighted by Gasteiger charge is -2.00. The Morgan fingerprint density at radius 1 is 1.36 bits per heavy atom. The van der Waals surface area contributed by atoms with Gasteiger partial charge in [-0.25, -0.2) is 9.97 Å². The number of hydrogen-bond donors (Lipinski definition) is 1. The van der Waals surface area contributed by atoms with Gasteiger partial charge in [0.1, 0.15) is 0 Å². The molecule has 4 heteroatoms. The van der Waals surface area contributed by atoms with Crippen LogP contribution in [0.4, 0.5) is 0 Å². The zero-order valence-electron chi connectivity index (χ0n) is 8.06. The van der Waals surface area contributed by atoms with Crippen LogP contribution in [0.3, 0.4) is 0 Å². The summed E-state index contributed by atoms with van der Waals surface area (Å²) < 4.78 is 2.10. The Morgan fingerprint density at radius 2 is 2.36 bits per heavy atom. The van der Waals surface area contributed by atoms with Crippen LogP contribution in [0.1, 0.15) is 18.5 Å². The van der Waals surface area contributed by atoms with Crippen LogP contribution in [-0.4, -0.2) is 19.5 Å². The van der Waals surface area contributed by atoms with Crippen LogP contribution in [0.15, 0.2) is 31.2 Å². The zero-order chi connectivity index (χ0) is 9.64. The number of hydrogen-bond acceptors (Lipinski definition) is 2. The highest BCUT2D eigenvalue weighted by molar-refractivity contribution is 4.93. The summed E-state index contributed by atoms with van der Waals surface area (Å²) in [7, 11) is 0. The molecule has 0 unspecified atom stereocenters. The van der Waals surface area contributed by atoms with Crippen LogP contribution >= 0.6 is 0 Å². The summed E-state index contributed by atoms with van der Waals surface area (Å²) in [5, 5.41) is 0. The summed E-state index contributed by atoms with van der Waals surface area (Å²) in [6.07, 6.45) is 12.7. The number of aromatic nitrogens is 4. The molecule has 0 amide bonds. The molecule has 0 fully saturated rings. The van der Waals surface area contributed by atoms with Crippen molar-refractivity contribution in [1.82, 2.24) is 19.5 Å². The van der Waals surface area contributed by atoms with E-state index in [1.165, 1.54) is 12.8 Å². The van der Waals surface area contributed by atoms with E-state index in [-0.39, 0.29) is 0 Å². The first kappa shape index (κ1) is 8.99. The monoisotopic (exact) mass is 190 g/mol. The number of unbranched alkanes of at least 4 members (excludes halogenated alkanes) is 1. The Bertz CT molecular complexity index is 300. The van der Waals surface area contributed by atoms with Crippen molar-refractivity contribution in [1.29, 1.82) is 0 Å². The second-order valence-corrected chi connectivity index (χ2v) is 3.32. The van der Waals surface area contributed by atoms with E-state index >= 15 is 0 Å². The zero-order valence-corrected chi connectivity index (χ0v) is 8.06. The molecular formula is C10H14N4. The summed E-state index contributed by atoms with van der Waals surface area (Å²) in [6.45, 7) is 1.05. The maximum Gasteiger partial charge on any atom is 0.0945 e. The lowest BCUT2D eigenvalue weighted by Crippen LogP contribution is -1.95. The molecule has 1 N–H and O–H groups in total. The van der Waals surface area contributed by atoms with E-state index in [1.54, 1.807) is 6.33 Å². The molecule has 4 nitrogen and oxygen atoms in total. The summed E-state index contributed by atoms with van der Waals surface area (Å²) in [5.74, 6) is 0. The normalized spacial score (nSPS) is 10.6. The molecule has 74 valence electrons. The Balaban J connectivity index is 1.65. The molecule has 2 aromatic heterocycles. The fraction of sp³-hybridized carbons (Fsp3) is 0.400. The maximum absolute atomic E-state index is 4.18. The van der Waals surface area contributed by atoms with Gasteiger partial charge in [-0.3, -0.25) is 0 Å². The Labute approximate surface area is 83.0 Å². The Kier molecular flexibility index (Phi) is 2.95. The predicted octanol–water partition coefficient (Wildman–Crippen LogP) is 1.63. The minimum Gasteiger partial charge on any atom is -0.351 e. The lowest BCUT2D eigenvalue weighted by molar-refractivity contribution is 0.606. The largest absolute Gasteiger partial charge is 0.351 e. The molecule has 0 aliphatic rings. The average Bonchev–Trinajstić information content (AvgIpc) is 2.86. The number of nitrogens with zero attached hydrogens (tertiary/aromatic N) is 3. The Morgan fingerprint density at radius 3 is 3.07 bits per heavy atom. The van der Waals surface area contributed by atoms with Gasteiger partial charge < -0.3 is 9.55 Å². The number of imidazole rings is 2. The third-order valence-electron chi connectivity index (χ3n) is 2.21. The van der Waals surface area contributed by atoms with E-state index in [4.69, 9.17) is 0 Å². The maximum atomic E-state index is 4.18. The van der Waals surface area contributed by atoms with Crippen molar-refractivity contribution in [2.24, 2.45) is 0 Å². The number of aryl methyl sites for hydroxylation is 2. The van der Waals surface area contributed by atoms with Crippen LogP contribution in [0.5, 0.6) is 0 Å². The van der Waals surface area contributed by atoms with Crippen LogP contribution in [0, 0.1) is 0 Å². The molecule has 0 bridgehead atoms. The van der Waals surface area contributed by atoms with Crippen LogP contribution in [0.2, 0.25) is 0 Å². The number of rotatable bonds is 5. The third-order valence-corrected chi connectivity index (χ3v) is 2.21. The number of aromatic amines is 1. The van der Waals surface area contributed by atoms with Crippen molar-refractivity contribution in [2.45, 2.75) is 25.8 Å². The number of nitrogens with one attached hydrogen (secondary N) is 1. The van der Waals surface area contributed by atoms with Crippen molar-refractivity contribution in [3.05, 3.63) is 36.9 Å². The van der Waals surface area contributed by atoms with Crippen LogP contribution in [0.25, 0.3) is 0 Å². The smallest absolute Gasteiger partial charge is 0.0945 e. The molecular weight excluding hydrogens is 176 g/mol. The minimum atomic E-state index is 1.05. The minimum absolute atomic E-state index is 1.05. The van der Waals surface area contributed by atoms with Crippen molar-refractivity contribution < 1.29 is 0 Å². The van der Waals surface area contributed by atoms with Gasteiger partial charge in [0.2, 0.25) is 0 Å². The predicted molar refractivity (Wildman–Crippen MR) is 53.8 cm³/mol. The van der Waals surface area contributed by atoms with Gasteiger partial charge >= 0.3 is 0 Å². The average molecular weight is 190 g/mol. The fourth-order valence-corrected chi connectivity index (χ4v) is 1.45. The number of H-pyrrole nitrogens is 1. The molecule has 0 atom stereocenters. The van der Waals surface area contributed by atoms with Crippen LogP contribution < -0.4 is 0 Å². The summed E-state index contributed by atoms with van der Waals surface area (Å²) in [5.41, 5.74) is 1.15. The standard InChI is InChI=1S/C10H14N4/c1(3-10-7-12-8-13-10)2-5-14-6-4-11-9-14/h4,6-9H,1-3,5H2,(H,12,13). The summed E-state index contributed by atoms with van der Waals surface area (Å²) in [4.78, 5) is 11.1. The first-order valence-electron chi connectivity index (χ1n) is 4.88. The molecule has 0 aliphatic heterocycles. The van der Waals surface area contributed by atoms with Gasteiger partial charge in [0.05, 0.1) is 18.3 Å². The van der Waals surface area contributed by atoms with Crippen LogP contribution in [-0.2, 0) is 13.0 Å². The van der Waals surface area contributed by atoms with Crippen molar-refractivity contribution in [2.75, 3.05) is 0 Å². The first-order chi connectivity index (χ1) is 6.95. The van der Waals surface area contributed by atoms with Crippen molar-refractivity contribution >= 4 is 0 Å². The van der Waals surface area contributed by atoms with Gasteiger partial charge in [0, 0.05) is 25.1 Å². The van der Waals surface area contributed by atoms with Gasteiger partial charge in [-0.2, -0.15) is 0 Å².